The number of rotatable bonds is 7. The third kappa shape index (κ3) is 3.76. The molecule has 2 heterocycles. The van der Waals surface area contributed by atoms with E-state index in [1.165, 1.54) is 0 Å². The van der Waals surface area contributed by atoms with E-state index in [0.717, 1.165) is 6.54 Å². The van der Waals surface area contributed by atoms with Crippen molar-refractivity contribution in [3.8, 4) is 5.75 Å². The highest BCUT2D eigenvalue weighted by Crippen LogP contribution is 2.33. The molecule has 25 heavy (non-hydrogen) atoms. The molecule has 0 amide bonds. The highest BCUT2D eigenvalue weighted by Gasteiger charge is 2.29. The van der Waals surface area contributed by atoms with Crippen molar-refractivity contribution in [2.24, 2.45) is 0 Å². The highest BCUT2D eigenvalue weighted by atomic mass is 35.5. The standard InChI is InChI=1S/C17H18ClN3O4/c1-3-21-9-8-15(19-21)17(2,18)24-11-4-6-14-12(10-11)13(20-25-14)5-7-16(22)23/h4,6,8-10H,3,5,7H2,1-2H3,(H,22,23). The summed E-state index contributed by atoms with van der Waals surface area (Å²) in [7, 11) is 0. The Bertz CT molecular complexity index is 900. The number of carboxylic acid groups (broad SMARTS) is 1. The van der Waals surface area contributed by atoms with Crippen molar-refractivity contribution < 1.29 is 19.2 Å². The number of aryl methyl sites for hydroxylation is 2. The smallest absolute Gasteiger partial charge is 0.303 e. The van der Waals surface area contributed by atoms with Crippen molar-refractivity contribution in [1.82, 2.24) is 14.9 Å². The van der Waals surface area contributed by atoms with Crippen molar-refractivity contribution in [3.05, 3.63) is 41.9 Å². The Balaban J connectivity index is 1.85. The van der Waals surface area contributed by atoms with Gasteiger partial charge in [0.15, 0.2) is 5.58 Å². The van der Waals surface area contributed by atoms with Gasteiger partial charge in [-0.1, -0.05) is 16.8 Å². The number of fused-ring (bicyclic) bond motifs is 1. The summed E-state index contributed by atoms with van der Waals surface area (Å²) in [6.45, 7) is 4.45. The molecule has 1 atom stereocenters. The Labute approximate surface area is 149 Å². The second kappa shape index (κ2) is 6.76. The predicted molar refractivity (Wildman–Crippen MR) is 91.7 cm³/mol. The van der Waals surface area contributed by atoms with E-state index in [1.807, 2.05) is 19.2 Å². The lowest BCUT2D eigenvalue weighted by molar-refractivity contribution is -0.136. The van der Waals surface area contributed by atoms with E-state index in [9.17, 15) is 4.79 Å². The monoisotopic (exact) mass is 363 g/mol. The molecule has 0 aliphatic rings. The molecule has 0 aliphatic heterocycles. The maximum absolute atomic E-state index is 10.8. The summed E-state index contributed by atoms with van der Waals surface area (Å²) < 4.78 is 12.9. The molecule has 0 bridgehead atoms. The molecule has 0 saturated carbocycles. The summed E-state index contributed by atoms with van der Waals surface area (Å²) in [5.41, 5.74) is 1.75. The molecule has 0 fully saturated rings. The van der Waals surface area contributed by atoms with Gasteiger partial charge in [-0.3, -0.25) is 9.48 Å². The summed E-state index contributed by atoms with van der Waals surface area (Å²) in [5, 5.41) is 16.7. The number of benzene rings is 1. The first-order chi connectivity index (χ1) is 11.9. The van der Waals surface area contributed by atoms with Crippen LogP contribution in [0.25, 0.3) is 11.0 Å². The van der Waals surface area contributed by atoms with Gasteiger partial charge < -0.3 is 14.4 Å². The molecule has 132 valence electrons. The number of ether oxygens (including phenoxy) is 1. The van der Waals surface area contributed by atoms with Crippen molar-refractivity contribution in [2.45, 2.75) is 38.3 Å². The van der Waals surface area contributed by atoms with Gasteiger partial charge in [0.25, 0.3) is 0 Å². The summed E-state index contributed by atoms with van der Waals surface area (Å²) >= 11 is 6.52. The van der Waals surface area contributed by atoms with Crippen LogP contribution in [0.5, 0.6) is 5.75 Å². The number of aliphatic carboxylic acids is 1. The Kier molecular flexibility index (Phi) is 4.67. The van der Waals surface area contributed by atoms with E-state index in [4.69, 9.17) is 26.0 Å². The third-order valence-corrected chi connectivity index (χ3v) is 4.09. The minimum Gasteiger partial charge on any atom is -0.481 e. The van der Waals surface area contributed by atoms with Crippen molar-refractivity contribution in [2.75, 3.05) is 0 Å². The van der Waals surface area contributed by atoms with Gasteiger partial charge in [-0.2, -0.15) is 5.10 Å². The van der Waals surface area contributed by atoms with Crippen LogP contribution in [0.3, 0.4) is 0 Å². The summed E-state index contributed by atoms with van der Waals surface area (Å²) in [4.78, 5) is 10.8. The van der Waals surface area contributed by atoms with Gasteiger partial charge in [-0.05, 0) is 38.1 Å². The van der Waals surface area contributed by atoms with E-state index >= 15 is 0 Å². The average Bonchev–Trinajstić information content (AvgIpc) is 3.19. The Morgan fingerprint density at radius 1 is 1.44 bits per heavy atom. The summed E-state index contributed by atoms with van der Waals surface area (Å²) in [6, 6.07) is 7.01. The number of nitrogens with zero attached hydrogens (tertiary/aromatic N) is 3. The molecule has 1 unspecified atom stereocenters. The molecule has 8 heteroatoms. The first-order valence-corrected chi connectivity index (χ1v) is 8.29. The molecule has 0 aliphatic carbocycles. The summed E-state index contributed by atoms with van der Waals surface area (Å²) in [5.74, 6) is -0.362. The summed E-state index contributed by atoms with van der Waals surface area (Å²) in [6.07, 6.45) is 2.10. The van der Waals surface area contributed by atoms with E-state index in [2.05, 4.69) is 10.3 Å². The zero-order valence-electron chi connectivity index (χ0n) is 13.9. The molecule has 1 aromatic carbocycles. The normalized spacial score (nSPS) is 13.7. The molecule has 0 radical (unpaired) electrons. The lowest BCUT2D eigenvalue weighted by atomic mass is 10.1. The van der Waals surface area contributed by atoms with Gasteiger partial charge >= 0.3 is 5.97 Å². The number of halogens is 1. The number of hydrogen-bond donors (Lipinski definition) is 1. The van der Waals surface area contributed by atoms with Crippen molar-refractivity contribution >= 4 is 28.5 Å². The largest absolute Gasteiger partial charge is 0.481 e. The Morgan fingerprint density at radius 2 is 2.24 bits per heavy atom. The number of carboxylic acids is 1. The topological polar surface area (TPSA) is 90.4 Å². The molecule has 3 aromatic rings. The van der Waals surface area contributed by atoms with E-state index in [-0.39, 0.29) is 12.8 Å². The van der Waals surface area contributed by atoms with Crippen LogP contribution < -0.4 is 4.74 Å². The molecule has 0 spiro atoms. The Morgan fingerprint density at radius 3 is 2.92 bits per heavy atom. The van der Waals surface area contributed by atoms with Crippen LogP contribution in [-0.4, -0.2) is 26.0 Å². The van der Waals surface area contributed by atoms with Gasteiger partial charge in [0, 0.05) is 24.5 Å². The number of hydrogen-bond acceptors (Lipinski definition) is 5. The van der Waals surface area contributed by atoms with Gasteiger partial charge in [0.1, 0.15) is 11.4 Å². The highest BCUT2D eigenvalue weighted by molar-refractivity contribution is 6.22. The van der Waals surface area contributed by atoms with Crippen LogP contribution in [-0.2, 0) is 22.8 Å². The number of alkyl halides is 1. The number of carbonyl (C=O) groups is 1. The fourth-order valence-corrected chi connectivity index (χ4v) is 2.68. The second-order valence-electron chi connectivity index (χ2n) is 5.76. The molecule has 3 rings (SSSR count). The quantitative estimate of drug-likeness (QED) is 0.645. The molecule has 2 aromatic heterocycles. The molecular formula is C17H18ClN3O4. The maximum atomic E-state index is 10.8. The first-order valence-electron chi connectivity index (χ1n) is 7.91. The van der Waals surface area contributed by atoms with Crippen LogP contribution >= 0.6 is 11.6 Å². The Hall–Kier alpha value is -2.54. The SMILES string of the molecule is CCn1ccc(C(C)(Cl)Oc2ccc3onc(CCC(=O)O)c3c2)n1. The van der Waals surface area contributed by atoms with Gasteiger partial charge in [0.2, 0.25) is 5.06 Å². The average molecular weight is 364 g/mol. The minimum absolute atomic E-state index is 0.0195. The zero-order valence-corrected chi connectivity index (χ0v) is 14.7. The first kappa shape index (κ1) is 17.3. The predicted octanol–water partition coefficient (Wildman–Crippen LogP) is 3.55. The van der Waals surface area contributed by atoms with Gasteiger partial charge in [0.05, 0.1) is 12.1 Å². The van der Waals surface area contributed by atoms with Crippen LogP contribution in [0.2, 0.25) is 0 Å². The molecule has 1 N–H and O–H groups in total. The van der Waals surface area contributed by atoms with Crippen LogP contribution in [0.4, 0.5) is 0 Å². The molecular weight excluding hydrogens is 346 g/mol. The van der Waals surface area contributed by atoms with E-state index in [1.54, 1.807) is 29.8 Å². The maximum Gasteiger partial charge on any atom is 0.303 e. The zero-order chi connectivity index (χ0) is 18.0. The lowest BCUT2D eigenvalue weighted by Gasteiger charge is -2.22. The lowest BCUT2D eigenvalue weighted by Crippen LogP contribution is -2.23. The van der Waals surface area contributed by atoms with E-state index in [0.29, 0.717) is 28.1 Å². The minimum atomic E-state index is -1.13. The third-order valence-electron chi connectivity index (χ3n) is 3.82. The van der Waals surface area contributed by atoms with E-state index < -0.39 is 11.0 Å². The van der Waals surface area contributed by atoms with Gasteiger partial charge in [-0.25, -0.2) is 0 Å². The van der Waals surface area contributed by atoms with Gasteiger partial charge in [-0.15, -0.1) is 0 Å². The van der Waals surface area contributed by atoms with Crippen LogP contribution in [0, 0.1) is 0 Å². The van der Waals surface area contributed by atoms with Crippen molar-refractivity contribution in [1.29, 1.82) is 0 Å². The fraction of sp³-hybridized carbons (Fsp3) is 0.353. The van der Waals surface area contributed by atoms with Crippen LogP contribution in [0.1, 0.15) is 31.7 Å². The molecule has 0 saturated heterocycles. The molecule has 7 nitrogen and oxygen atoms in total. The fourth-order valence-electron chi connectivity index (χ4n) is 2.49. The number of aromatic nitrogens is 3. The van der Waals surface area contributed by atoms with Crippen molar-refractivity contribution in [3.63, 3.8) is 0 Å². The van der Waals surface area contributed by atoms with Crippen LogP contribution in [0.15, 0.2) is 35.0 Å². The second-order valence-corrected chi connectivity index (χ2v) is 6.48.